The van der Waals surface area contributed by atoms with Crippen LogP contribution in [0.5, 0.6) is 0 Å². The minimum atomic E-state index is -0.0210. The molecule has 1 saturated heterocycles. The lowest BCUT2D eigenvalue weighted by Crippen LogP contribution is -3.14. The topological polar surface area (TPSA) is 48.0 Å². The first-order valence-electron chi connectivity index (χ1n) is 8.50. The zero-order valence-electron chi connectivity index (χ0n) is 14.6. The molecule has 0 aliphatic carbocycles. The number of tetrazole rings is 1. The summed E-state index contributed by atoms with van der Waals surface area (Å²) in [5, 5.41) is 12.8. The zero-order chi connectivity index (χ0) is 15.6. The summed E-state index contributed by atoms with van der Waals surface area (Å²) < 4.78 is 2.07. The second-order valence-corrected chi connectivity index (χ2v) is 7.70. The maximum atomic E-state index is 4.43. The van der Waals surface area contributed by atoms with E-state index in [1.54, 1.807) is 4.90 Å². The predicted molar refractivity (Wildman–Crippen MR) is 84.1 cm³/mol. The Morgan fingerprint density at radius 3 is 2.67 bits per heavy atom. The summed E-state index contributed by atoms with van der Waals surface area (Å²) in [6.45, 7) is 16.1. The molecule has 120 valence electrons. The Bertz CT molecular complexity index is 451. The van der Waals surface area contributed by atoms with Gasteiger partial charge in [-0.05, 0) is 43.5 Å². The van der Waals surface area contributed by atoms with Crippen LogP contribution in [0.1, 0.15) is 72.7 Å². The molecule has 2 rings (SSSR count). The minimum Gasteiger partial charge on any atom is -0.326 e. The fourth-order valence-electron chi connectivity index (χ4n) is 3.53. The van der Waals surface area contributed by atoms with E-state index in [4.69, 9.17) is 0 Å². The molecule has 0 radical (unpaired) electrons. The first kappa shape index (κ1) is 16.4. The van der Waals surface area contributed by atoms with Crippen LogP contribution in [0, 0.1) is 11.8 Å². The SMILES string of the molecule is CCC(C)(C)n1nnnc1[C@H](C(C)C)[NH+]1CCC[C@H](C)C1. The van der Waals surface area contributed by atoms with Gasteiger partial charge in [-0.3, -0.25) is 0 Å². The molecule has 3 atom stereocenters. The Kier molecular flexibility index (Phi) is 5.02. The van der Waals surface area contributed by atoms with E-state index in [0.29, 0.717) is 12.0 Å². The average Bonchev–Trinajstić information content (AvgIpc) is 2.88. The maximum Gasteiger partial charge on any atom is 0.210 e. The normalized spacial score (nSPS) is 25.3. The lowest BCUT2D eigenvalue weighted by molar-refractivity contribution is -0.944. The Morgan fingerprint density at radius 1 is 1.38 bits per heavy atom. The molecule has 0 amide bonds. The fourth-order valence-corrected chi connectivity index (χ4v) is 3.53. The van der Waals surface area contributed by atoms with Crippen molar-refractivity contribution in [1.29, 1.82) is 0 Å². The molecule has 5 heteroatoms. The van der Waals surface area contributed by atoms with E-state index in [1.807, 2.05) is 0 Å². The van der Waals surface area contributed by atoms with Crippen molar-refractivity contribution in [3.8, 4) is 0 Å². The number of nitrogens with one attached hydrogen (secondary N) is 1. The van der Waals surface area contributed by atoms with Crippen LogP contribution >= 0.6 is 0 Å². The maximum absolute atomic E-state index is 4.43. The van der Waals surface area contributed by atoms with E-state index in [2.05, 4.69) is 61.7 Å². The minimum absolute atomic E-state index is 0.0210. The van der Waals surface area contributed by atoms with Gasteiger partial charge >= 0.3 is 0 Å². The number of nitrogens with zero attached hydrogens (tertiary/aromatic N) is 4. The van der Waals surface area contributed by atoms with Crippen LogP contribution in [-0.2, 0) is 5.54 Å². The van der Waals surface area contributed by atoms with Gasteiger partial charge in [-0.2, -0.15) is 0 Å². The van der Waals surface area contributed by atoms with Crippen molar-refractivity contribution in [1.82, 2.24) is 20.2 Å². The molecule has 1 unspecified atom stereocenters. The number of hydrogen-bond donors (Lipinski definition) is 1. The van der Waals surface area contributed by atoms with E-state index in [-0.39, 0.29) is 5.54 Å². The molecule has 5 nitrogen and oxygen atoms in total. The number of hydrogen-bond acceptors (Lipinski definition) is 3. The highest BCUT2D eigenvalue weighted by Crippen LogP contribution is 2.25. The number of aromatic nitrogens is 4. The third kappa shape index (κ3) is 3.44. The summed E-state index contributed by atoms with van der Waals surface area (Å²) >= 11 is 0. The first-order valence-corrected chi connectivity index (χ1v) is 8.50. The van der Waals surface area contributed by atoms with Gasteiger partial charge in [-0.15, -0.1) is 5.10 Å². The van der Waals surface area contributed by atoms with Crippen molar-refractivity contribution in [3.05, 3.63) is 5.82 Å². The molecule has 1 fully saturated rings. The second kappa shape index (κ2) is 6.42. The molecule has 21 heavy (non-hydrogen) atoms. The van der Waals surface area contributed by atoms with Gasteiger partial charge < -0.3 is 4.90 Å². The van der Waals surface area contributed by atoms with Crippen molar-refractivity contribution in [2.24, 2.45) is 11.8 Å². The molecular formula is C16H32N5+. The molecule has 1 aromatic heterocycles. The number of rotatable bonds is 5. The molecule has 0 aromatic carbocycles. The van der Waals surface area contributed by atoms with Crippen molar-refractivity contribution in [3.63, 3.8) is 0 Å². The summed E-state index contributed by atoms with van der Waals surface area (Å²) in [5.41, 5.74) is -0.0210. The highest BCUT2D eigenvalue weighted by molar-refractivity contribution is 4.94. The Hall–Kier alpha value is -0.970. The smallest absolute Gasteiger partial charge is 0.210 e. The lowest BCUT2D eigenvalue weighted by Gasteiger charge is -2.36. The number of piperidine rings is 1. The van der Waals surface area contributed by atoms with Gasteiger partial charge in [0.05, 0.1) is 18.6 Å². The molecule has 1 aliphatic heterocycles. The molecule has 1 N–H and O–H groups in total. The molecule has 0 bridgehead atoms. The predicted octanol–water partition coefficient (Wildman–Crippen LogP) is 1.83. The summed E-state index contributed by atoms with van der Waals surface area (Å²) in [5.74, 6) is 2.42. The van der Waals surface area contributed by atoms with Crippen molar-refractivity contribution in [2.75, 3.05) is 13.1 Å². The first-order chi connectivity index (χ1) is 9.86. The molecule has 1 aromatic rings. The van der Waals surface area contributed by atoms with E-state index in [9.17, 15) is 0 Å². The molecule has 0 saturated carbocycles. The number of quaternary nitrogens is 1. The van der Waals surface area contributed by atoms with Gasteiger partial charge in [0.2, 0.25) is 5.82 Å². The van der Waals surface area contributed by atoms with E-state index < -0.39 is 0 Å². The van der Waals surface area contributed by atoms with Gasteiger partial charge in [0.1, 0.15) is 0 Å². The standard InChI is InChI=1S/C16H31N5/c1-7-16(5,6)21-15(17-18-19-21)14(12(2)3)20-10-8-9-13(4)11-20/h12-14H,7-11H2,1-6H3/p+1/t13-,14-/m0/s1. The second-order valence-electron chi connectivity index (χ2n) is 7.70. The molecule has 2 heterocycles. The van der Waals surface area contributed by atoms with Gasteiger partial charge in [-0.1, -0.05) is 27.7 Å². The molecule has 1 aliphatic rings. The fraction of sp³-hybridized carbons (Fsp3) is 0.938. The summed E-state index contributed by atoms with van der Waals surface area (Å²) in [6, 6.07) is 0.397. The number of likely N-dealkylation sites (tertiary alicyclic amines) is 1. The summed E-state index contributed by atoms with van der Waals surface area (Å²) in [7, 11) is 0. The average molecular weight is 294 g/mol. The largest absolute Gasteiger partial charge is 0.326 e. The van der Waals surface area contributed by atoms with Crippen molar-refractivity contribution < 1.29 is 4.90 Å². The van der Waals surface area contributed by atoms with Gasteiger partial charge in [0.25, 0.3) is 0 Å². The summed E-state index contributed by atoms with van der Waals surface area (Å²) in [4.78, 5) is 1.66. The Labute approximate surface area is 129 Å². The third-order valence-corrected chi connectivity index (χ3v) is 5.12. The molecular weight excluding hydrogens is 262 g/mol. The van der Waals surface area contributed by atoms with Crippen LogP contribution in [0.2, 0.25) is 0 Å². The van der Waals surface area contributed by atoms with Crippen LogP contribution in [0.25, 0.3) is 0 Å². The third-order valence-electron chi connectivity index (χ3n) is 5.12. The Morgan fingerprint density at radius 2 is 2.10 bits per heavy atom. The van der Waals surface area contributed by atoms with Gasteiger partial charge in [0, 0.05) is 11.8 Å². The van der Waals surface area contributed by atoms with Gasteiger partial charge in [0.15, 0.2) is 6.04 Å². The van der Waals surface area contributed by atoms with Crippen LogP contribution in [0.15, 0.2) is 0 Å². The zero-order valence-corrected chi connectivity index (χ0v) is 14.6. The Balaban J connectivity index is 2.33. The monoisotopic (exact) mass is 294 g/mol. The van der Waals surface area contributed by atoms with Crippen LogP contribution in [0.3, 0.4) is 0 Å². The van der Waals surface area contributed by atoms with E-state index in [0.717, 1.165) is 18.2 Å². The van der Waals surface area contributed by atoms with Crippen molar-refractivity contribution in [2.45, 2.75) is 72.4 Å². The highest BCUT2D eigenvalue weighted by atomic mass is 15.6. The van der Waals surface area contributed by atoms with Crippen LogP contribution in [-0.4, -0.2) is 33.3 Å². The van der Waals surface area contributed by atoms with Crippen molar-refractivity contribution >= 4 is 0 Å². The van der Waals surface area contributed by atoms with E-state index in [1.165, 1.54) is 25.9 Å². The lowest BCUT2D eigenvalue weighted by atomic mass is 9.93. The quantitative estimate of drug-likeness (QED) is 0.901. The van der Waals surface area contributed by atoms with Crippen LogP contribution < -0.4 is 4.90 Å². The summed E-state index contributed by atoms with van der Waals surface area (Å²) in [6.07, 6.45) is 3.71. The highest BCUT2D eigenvalue weighted by Gasteiger charge is 2.37. The van der Waals surface area contributed by atoms with E-state index >= 15 is 0 Å². The van der Waals surface area contributed by atoms with Gasteiger partial charge in [-0.25, -0.2) is 4.68 Å². The molecule has 0 spiro atoms. The van der Waals surface area contributed by atoms with Crippen LogP contribution in [0.4, 0.5) is 0 Å².